The van der Waals surface area contributed by atoms with Crippen molar-refractivity contribution in [3.05, 3.63) is 0 Å². The summed E-state index contributed by atoms with van der Waals surface area (Å²) in [5.74, 6) is -0.675. The van der Waals surface area contributed by atoms with Gasteiger partial charge in [-0.3, -0.25) is 4.79 Å². The van der Waals surface area contributed by atoms with Gasteiger partial charge in [-0.15, -0.1) is 0 Å². The molecule has 0 aromatic carbocycles. The largest absolute Gasteiger partial charge is 0.481 e. The van der Waals surface area contributed by atoms with Crippen LogP contribution in [0.25, 0.3) is 0 Å². The van der Waals surface area contributed by atoms with Gasteiger partial charge in [0, 0.05) is 13.2 Å². The first-order valence-electron chi connectivity index (χ1n) is 7.68. The van der Waals surface area contributed by atoms with Crippen LogP contribution in [-0.2, 0) is 9.53 Å². The van der Waals surface area contributed by atoms with Gasteiger partial charge in [0.15, 0.2) is 0 Å². The molecule has 0 radical (unpaired) electrons. The molecule has 2 heterocycles. The SMILES string of the molecule is O=C(O)C1(CN2CCC3(CCCC3)CC2)CCOC1. The Morgan fingerprint density at radius 3 is 2.32 bits per heavy atom. The van der Waals surface area contributed by atoms with Gasteiger partial charge in [0.2, 0.25) is 0 Å². The molecule has 1 saturated carbocycles. The maximum Gasteiger partial charge on any atom is 0.313 e. The van der Waals surface area contributed by atoms with Crippen LogP contribution in [0, 0.1) is 10.8 Å². The Kier molecular flexibility index (Phi) is 3.56. The van der Waals surface area contributed by atoms with E-state index in [2.05, 4.69) is 4.90 Å². The van der Waals surface area contributed by atoms with Crippen molar-refractivity contribution >= 4 is 5.97 Å². The van der Waals surface area contributed by atoms with Crippen molar-refractivity contribution in [2.45, 2.75) is 44.9 Å². The molecule has 1 atom stereocenters. The van der Waals surface area contributed by atoms with E-state index in [-0.39, 0.29) is 0 Å². The van der Waals surface area contributed by atoms with Crippen LogP contribution in [0.2, 0.25) is 0 Å². The molecule has 0 bridgehead atoms. The van der Waals surface area contributed by atoms with E-state index in [0.29, 0.717) is 31.6 Å². The number of piperidine rings is 1. The zero-order valence-electron chi connectivity index (χ0n) is 11.7. The highest BCUT2D eigenvalue weighted by molar-refractivity contribution is 5.75. The maximum atomic E-state index is 11.5. The number of hydrogen-bond donors (Lipinski definition) is 1. The van der Waals surface area contributed by atoms with E-state index < -0.39 is 11.4 Å². The smallest absolute Gasteiger partial charge is 0.313 e. The van der Waals surface area contributed by atoms with Crippen LogP contribution in [0.1, 0.15) is 44.9 Å². The predicted octanol–water partition coefficient (Wildman–Crippen LogP) is 2.13. The van der Waals surface area contributed by atoms with E-state index in [1.807, 2.05) is 0 Å². The summed E-state index contributed by atoms with van der Waals surface area (Å²) in [6.07, 6.45) is 8.79. The Hall–Kier alpha value is -0.610. The zero-order chi connectivity index (χ0) is 13.3. The minimum atomic E-state index is -0.675. The topological polar surface area (TPSA) is 49.8 Å². The minimum absolute atomic E-state index is 0.393. The summed E-state index contributed by atoms with van der Waals surface area (Å²) < 4.78 is 5.35. The Labute approximate surface area is 115 Å². The summed E-state index contributed by atoms with van der Waals surface area (Å²) in [4.78, 5) is 13.9. The molecule has 19 heavy (non-hydrogen) atoms. The molecule has 1 spiro atoms. The van der Waals surface area contributed by atoms with Crippen molar-refractivity contribution in [2.24, 2.45) is 10.8 Å². The number of carboxylic acids is 1. The summed E-state index contributed by atoms with van der Waals surface area (Å²) in [7, 11) is 0. The normalized spacial score (nSPS) is 34.9. The lowest BCUT2D eigenvalue weighted by molar-refractivity contribution is -0.150. The van der Waals surface area contributed by atoms with Crippen molar-refractivity contribution in [1.82, 2.24) is 4.90 Å². The lowest BCUT2D eigenvalue weighted by atomic mass is 9.76. The van der Waals surface area contributed by atoms with E-state index in [9.17, 15) is 9.90 Å². The fourth-order valence-corrected chi connectivity index (χ4v) is 4.21. The highest BCUT2D eigenvalue weighted by Gasteiger charge is 2.45. The van der Waals surface area contributed by atoms with E-state index in [0.717, 1.165) is 13.1 Å². The Morgan fingerprint density at radius 2 is 1.79 bits per heavy atom. The Morgan fingerprint density at radius 1 is 1.11 bits per heavy atom. The first-order chi connectivity index (χ1) is 9.14. The van der Waals surface area contributed by atoms with Crippen molar-refractivity contribution in [1.29, 1.82) is 0 Å². The van der Waals surface area contributed by atoms with Gasteiger partial charge in [0.05, 0.1) is 6.61 Å². The van der Waals surface area contributed by atoms with Gasteiger partial charge in [-0.1, -0.05) is 12.8 Å². The van der Waals surface area contributed by atoms with E-state index in [1.54, 1.807) is 0 Å². The van der Waals surface area contributed by atoms with Crippen LogP contribution in [0.4, 0.5) is 0 Å². The first-order valence-corrected chi connectivity index (χ1v) is 7.68. The van der Waals surface area contributed by atoms with Crippen LogP contribution in [0.3, 0.4) is 0 Å². The highest BCUT2D eigenvalue weighted by atomic mass is 16.5. The first kappa shape index (κ1) is 13.4. The molecule has 3 aliphatic rings. The second kappa shape index (κ2) is 5.06. The van der Waals surface area contributed by atoms with Gasteiger partial charge in [0.1, 0.15) is 5.41 Å². The third kappa shape index (κ3) is 2.52. The van der Waals surface area contributed by atoms with Gasteiger partial charge in [-0.25, -0.2) is 0 Å². The van der Waals surface area contributed by atoms with Crippen molar-refractivity contribution in [2.75, 3.05) is 32.8 Å². The van der Waals surface area contributed by atoms with Gasteiger partial charge in [0.25, 0.3) is 0 Å². The minimum Gasteiger partial charge on any atom is -0.481 e. The van der Waals surface area contributed by atoms with E-state index >= 15 is 0 Å². The predicted molar refractivity (Wildman–Crippen MR) is 72.1 cm³/mol. The average Bonchev–Trinajstić information content (AvgIpc) is 3.03. The molecule has 4 nitrogen and oxygen atoms in total. The van der Waals surface area contributed by atoms with Crippen LogP contribution < -0.4 is 0 Å². The number of nitrogens with zero attached hydrogens (tertiary/aromatic N) is 1. The molecule has 0 aromatic heterocycles. The summed E-state index contributed by atoms with van der Waals surface area (Å²) in [6.45, 7) is 3.83. The second-order valence-corrected chi connectivity index (χ2v) is 6.87. The van der Waals surface area contributed by atoms with Gasteiger partial charge in [-0.2, -0.15) is 0 Å². The summed E-state index contributed by atoms with van der Waals surface area (Å²) in [5, 5.41) is 9.49. The van der Waals surface area contributed by atoms with Crippen LogP contribution in [0.15, 0.2) is 0 Å². The van der Waals surface area contributed by atoms with Crippen molar-refractivity contribution in [3.8, 4) is 0 Å². The average molecular weight is 267 g/mol. The van der Waals surface area contributed by atoms with Gasteiger partial charge < -0.3 is 14.7 Å². The number of aliphatic carboxylic acids is 1. The monoisotopic (exact) mass is 267 g/mol. The fourth-order valence-electron chi connectivity index (χ4n) is 4.21. The number of carboxylic acid groups (broad SMARTS) is 1. The summed E-state index contributed by atoms with van der Waals surface area (Å²) in [5.41, 5.74) is -0.0285. The van der Waals surface area contributed by atoms with E-state index in [1.165, 1.54) is 38.5 Å². The number of likely N-dealkylation sites (tertiary alicyclic amines) is 1. The molecule has 3 rings (SSSR count). The van der Waals surface area contributed by atoms with Gasteiger partial charge >= 0.3 is 5.97 Å². The number of rotatable bonds is 3. The molecule has 2 aliphatic heterocycles. The quantitative estimate of drug-likeness (QED) is 0.851. The van der Waals surface area contributed by atoms with Crippen LogP contribution >= 0.6 is 0 Å². The van der Waals surface area contributed by atoms with Crippen LogP contribution in [0.5, 0.6) is 0 Å². The van der Waals surface area contributed by atoms with Crippen molar-refractivity contribution < 1.29 is 14.6 Å². The molecular weight excluding hydrogens is 242 g/mol. The Bertz CT molecular complexity index is 333. The van der Waals surface area contributed by atoms with Crippen LogP contribution in [-0.4, -0.2) is 48.8 Å². The fraction of sp³-hybridized carbons (Fsp3) is 0.933. The standard InChI is InChI=1S/C15H25NO3/c17-13(18)15(7-10-19-12-15)11-16-8-5-14(6-9-16)3-1-2-4-14/h1-12H2,(H,17,18). The third-order valence-electron chi connectivity index (χ3n) is 5.66. The summed E-state index contributed by atoms with van der Waals surface area (Å²) in [6, 6.07) is 0. The molecule has 1 unspecified atom stereocenters. The molecule has 108 valence electrons. The zero-order valence-corrected chi connectivity index (χ0v) is 11.7. The maximum absolute atomic E-state index is 11.5. The molecular formula is C15H25NO3. The number of carbonyl (C=O) groups is 1. The van der Waals surface area contributed by atoms with Crippen molar-refractivity contribution in [3.63, 3.8) is 0 Å². The number of hydrogen-bond acceptors (Lipinski definition) is 3. The highest BCUT2D eigenvalue weighted by Crippen LogP contribution is 2.46. The molecule has 1 aliphatic carbocycles. The molecule has 0 amide bonds. The molecule has 1 N–H and O–H groups in total. The molecule has 3 fully saturated rings. The van der Waals surface area contributed by atoms with Gasteiger partial charge in [-0.05, 0) is 50.6 Å². The second-order valence-electron chi connectivity index (χ2n) is 6.87. The lowest BCUT2D eigenvalue weighted by Gasteiger charge is -2.41. The third-order valence-corrected chi connectivity index (χ3v) is 5.66. The summed E-state index contributed by atoms with van der Waals surface area (Å²) >= 11 is 0. The molecule has 2 saturated heterocycles. The lowest BCUT2D eigenvalue weighted by Crippen LogP contribution is -2.48. The van der Waals surface area contributed by atoms with E-state index in [4.69, 9.17) is 4.74 Å². The Balaban J connectivity index is 1.58. The molecule has 4 heteroatoms. The number of ether oxygens (including phenoxy) is 1. The molecule has 0 aromatic rings.